The number of halogens is 3. The van der Waals surface area contributed by atoms with E-state index in [1.165, 1.54) is 6.92 Å². The molecule has 2 unspecified atom stereocenters. The molecule has 208 valence electrons. The molecule has 2 atom stereocenters. The maximum atomic E-state index is 13.5. The average molecular weight is 535 g/mol. The summed E-state index contributed by atoms with van der Waals surface area (Å²) >= 11 is 0. The Morgan fingerprint density at radius 3 is 2.24 bits per heavy atom. The fourth-order valence-electron chi connectivity index (χ4n) is 4.13. The molecule has 0 saturated heterocycles. The van der Waals surface area contributed by atoms with Gasteiger partial charge in [0.15, 0.2) is 0 Å². The Kier molecular flexibility index (Phi) is 8.53. The molecule has 0 aliphatic heterocycles. The molecule has 0 aliphatic rings. The zero-order chi connectivity index (χ0) is 28.4. The van der Waals surface area contributed by atoms with Crippen LogP contribution in [0.1, 0.15) is 47.5 Å². The molecule has 0 spiro atoms. The van der Waals surface area contributed by atoms with Crippen molar-refractivity contribution < 1.29 is 31.9 Å². The lowest BCUT2D eigenvalue weighted by Crippen LogP contribution is -2.50. The van der Waals surface area contributed by atoms with Crippen LogP contribution < -0.4 is 16.2 Å². The van der Waals surface area contributed by atoms with Gasteiger partial charge in [-0.15, -0.1) is 0 Å². The van der Waals surface area contributed by atoms with Gasteiger partial charge in [0.2, 0.25) is 0 Å². The van der Waals surface area contributed by atoms with E-state index in [-0.39, 0.29) is 6.61 Å². The standard InChI is InChI=1S/C29H37F3N2O4/c1-26(2,34)15-24(33)27(3,4)25(35)37-18-28(5,16-29(30,31)32)17-36-21-12-11-20-13-22(38-23(20)14-21)19-9-7-6-8-10-19/h6-14,24H,15-18,33-34H2,1-5H3. The second-order valence-corrected chi connectivity index (χ2v) is 11.7. The van der Waals surface area contributed by atoms with Gasteiger partial charge in [0.1, 0.15) is 23.7 Å². The average Bonchev–Trinajstić information content (AvgIpc) is 3.23. The lowest BCUT2D eigenvalue weighted by atomic mass is 9.79. The first-order valence-electron chi connectivity index (χ1n) is 12.5. The van der Waals surface area contributed by atoms with E-state index in [0.717, 1.165) is 10.9 Å². The molecule has 4 N–H and O–H groups in total. The van der Waals surface area contributed by atoms with E-state index in [4.69, 9.17) is 25.4 Å². The highest BCUT2D eigenvalue weighted by atomic mass is 19.4. The molecule has 0 aliphatic carbocycles. The summed E-state index contributed by atoms with van der Waals surface area (Å²) in [4.78, 5) is 12.9. The van der Waals surface area contributed by atoms with Crippen LogP contribution in [0.15, 0.2) is 59.0 Å². The molecule has 0 saturated carbocycles. The van der Waals surface area contributed by atoms with Gasteiger partial charge in [-0.3, -0.25) is 4.79 Å². The summed E-state index contributed by atoms with van der Waals surface area (Å²) in [5.74, 6) is 0.331. The highest BCUT2D eigenvalue weighted by Crippen LogP contribution is 2.36. The van der Waals surface area contributed by atoms with Crippen molar-refractivity contribution >= 4 is 16.9 Å². The van der Waals surface area contributed by atoms with Gasteiger partial charge >= 0.3 is 12.1 Å². The van der Waals surface area contributed by atoms with Crippen LogP contribution in [0.3, 0.4) is 0 Å². The Balaban J connectivity index is 1.72. The Morgan fingerprint density at radius 1 is 0.974 bits per heavy atom. The third-order valence-corrected chi connectivity index (χ3v) is 6.52. The van der Waals surface area contributed by atoms with Gasteiger partial charge in [0.05, 0.1) is 18.4 Å². The van der Waals surface area contributed by atoms with E-state index in [2.05, 4.69) is 0 Å². The predicted molar refractivity (Wildman–Crippen MR) is 142 cm³/mol. The topological polar surface area (TPSA) is 101 Å². The molecule has 2 aromatic carbocycles. The molecule has 1 aromatic heterocycles. The number of hydrogen-bond acceptors (Lipinski definition) is 6. The monoisotopic (exact) mass is 534 g/mol. The molecule has 0 radical (unpaired) electrons. The number of carbonyl (C=O) groups is 1. The van der Waals surface area contributed by atoms with E-state index in [0.29, 0.717) is 23.5 Å². The van der Waals surface area contributed by atoms with Crippen LogP contribution in [0.4, 0.5) is 13.2 Å². The first kappa shape index (κ1) is 29.5. The van der Waals surface area contributed by atoms with Crippen molar-refractivity contribution in [2.24, 2.45) is 22.3 Å². The minimum Gasteiger partial charge on any atom is -0.493 e. The zero-order valence-corrected chi connectivity index (χ0v) is 22.5. The van der Waals surface area contributed by atoms with E-state index >= 15 is 0 Å². The van der Waals surface area contributed by atoms with Gasteiger partial charge in [-0.05, 0) is 52.3 Å². The second-order valence-electron chi connectivity index (χ2n) is 11.7. The molecule has 0 bridgehead atoms. The normalized spacial score (nSPS) is 15.2. The lowest BCUT2D eigenvalue weighted by molar-refractivity contribution is -0.179. The van der Waals surface area contributed by atoms with E-state index in [9.17, 15) is 18.0 Å². The number of esters is 1. The molecular formula is C29H37F3N2O4. The van der Waals surface area contributed by atoms with Crippen molar-refractivity contribution in [1.82, 2.24) is 0 Å². The van der Waals surface area contributed by atoms with Gasteiger partial charge in [-0.1, -0.05) is 37.3 Å². The van der Waals surface area contributed by atoms with Gasteiger partial charge in [0, 0.05) is 34.0 Å². The smallest absolute Gasteiger partial charge is 0.389 e. The number of fused-ring (bicyclic) bond motifs is 1. The van der Waals surface area contributed by atoms with Gasteiger partial charge < -0.3 is 25.4 Å². The quantitative estimate of drug-likeness (QED) is 0.274. The number of alkyl halides is 3. The van der Waals surface area contributed by atoms with Crippen LogP contribution >= 0.6 is 0 Å². The highest BCUT2D eigenvalue weighted by Gasteiger charge is 2.43. The summed E-state index contributed by atoms with van der Waals surface area (Å²) in [6.07, 6.45) is -5.36. The fraction of sp³-hybridized carbons (Fsp3) is 0.483. The van der Waals surface area contributed by atoms with Crippen LogP contribution in [0.5, 0.6) is 5.75 Å². The molecule has 0 fully saturated rings. The van der Waals surface area contributed by atoms with Crippen LogP contribution in [0.25, 0.3) is 22.3 Å². The number of rotatable bonds is 11. The summed E-state index contributed by atoms with van der Waals surface area (Å²) < 4.78 is 57.5. The molecule has 3 aromatic rings. The number of furan rings is 1. The van der Waals surface area contributed by atoms with Gasteiger partial charge in [-0.2, -0.15) is 13.2 Å². The van der Waals surface area contributed by atoms with E-state index < -0.39 is 47.6 Å². The SMILES string of the molecule is CC(C)(N)CC(N)C(C)(C)C(=O)OCC(C)(COc1ccc2cc(-c3ccccc3)oc2c1)CC(F)(F)F. The minimum atomic E-state index is -4.49. The Morgan fingerprint density at radius 2 is 1.63 bits per heavy atom. The van der Waals surface area contributed by atoms with Gasteiger partial charge in [0.25, 0.3) is 0 Å². The minimum absolute atomic E-state index is 0.333. The summed E-state index contributed by atoms with van der Waals surface area (Å²) in [7, 11) is 0. The van der Waals surface area contributed by atoms with Crippen molar-refractivity contribution in [3.63, 3.8) is 0 Å². The predicted octanol–water partition coefficient (Wildman–Crippen LogP) is 6.46. The number of ether oxygens (including phenoxy) is 2. The zero-order valence-electron chi connectivity index (χ0n) is 22.5. The summed E-state index contributed by atoms with van der Waals surface area (Å²) in [5, 5.41) is 0.836. The molecule has 1 heterocycles. The summed E-state index contributed by atoms with van der Waals surface area (Å²) in [5.41, 5.74) is 10.4. The maximum absolute atomic E-state index is 13.5. The molecule has 38 heavy (non-hydrogen) atoms. The van der Waals surface area contributed by atoms with Crippen molar-refractivity contribution in [3.05, 3.63) is 54.6 Å². The molecule has 3 rings (SSSR count). The van der Waals surface area contributed by atoms with E-state index in [1.54, 1.807) is 45.9 Å². The van der Waals surface area contributed by atoms with Gasteiger partial charge in [-0.25, -0.2) is 0 Å². The third-order valence-electron chi connectivity index (χ3n) is 6.52. The first-order valence-corrected chi connectivity index (χ1v) is 12.5. The molecule has 9 heteroatoms. The second kappa shape index (κ2) is 11.0. The van der Waals surface area contributed by atoms with E-state index in [1.807, 2.05) is 36.4 Å². The highest BCUT2D eigenvalue weighted by molar-refractivity contribution is 5.84. The fourth-order valence-corrected chi connectivity index (χ4v) is 4.13. The summed E-state index contributed by atoms with van der Waals surface area (Å²) in [6.45, 7) is 7.33. The number of hydrogen-bond donors (Lipinski definition) is 2. The van der Waals surface area contributed by atoms with Crippen molar-refractivity contribution in [3.8, 4) is 17.1 Å². The van der Waals surface area contributed by atoms with Crippen molar-refractivity contribution in [1.29, 1.82) is 0 Å². The lowest BCUT2D eigenvalue weighted by Gasteiger charge is -2.35. The Labute approximate surface area is 221 Å². The molecule has 0 amide bonds. The number of benzene rings is 2. The Bertz CT molecular complexity index is 1230. The van der Waals surface area contributed by atoms with Crippen LogP contribution in [0, 0.1) is 10.8 Å². The first-order chi connectivity index (χ1) is 17.5. The number of nitrogens with two attached hydrogens (primary N) is 2. The van der Waals surface area contributed by atoms with Crippen LogP contribution in [0.2, 0.25) is 0 Å². The largest absolute Gasteiger partial charge is 0.493 e. The van der Waals surface area contributed by atoms with Crippen LogP contribution in [-0.4, -0.2) is 36.9 Å². The molecule has 6 nitrogen and oxygen atoms in total. The van der Waals surface area contributed by atoms with Crippen molar-refractivity contribution in [2.45, 2.75) is 65.2 Å². The maximum Gasteiger partial charge on any atom is 0.389 e. The number of carbonyl (C=O) groups excluding carboxylic acids is 1. The van der Waals surface area contributed by atoms with Crippen molar-refractivity contribution in [2.75, 3.05) is 13.2 Å². The Hall–Kier alpha value is -3.04. The molecular weight excluding hydrogens is 497 g/mol. The van der Waals surface area contributed by atoms with Crippen LogP contribution in [-0.2, 0) is 9.53 Å². The summed E-state index contributed by atoms with van der Waals surface area (Å²) in [6, 6.07) is 15.9. The third kappa shape index (κ3) is 7.98.